The van der Waals surface area contributed by atoms with Gasteiger partial charge in [0.2, 0.25) is 5.95 Å². The lowest BCUT2D eigenvalue weighted by Gasteiger charge is -2.26. The molecule has 0 spiro atoms. The predicted molar refractivity (Wildman–Crippen MR) is 112 cm³/mol. The van der Waals surface area contributed by atoms with Gasteiger partial charge in [-0.15, -0.1) is 0 Å². The molecule has 8 heteroatoms. The Hall–Kier alpha value is -2.87. The van der Waals surface area contributed by atoms with Crippen molar-refractivity contribution in [1.82, 2.24) is 14.9 Å². The molecule has 1 unspecified atom stereocenters. The second-order valence-electron chi connectivity index (χ2n) is 7.67. The monoisotopic (exact) mass is 412 g/mol. The summed E-state index contributed by atoms with van der Waals surface area (Å²) in [6.45, 7) is 4.40. The van der Waals surface area contributed by atoms with Crippen LogP contribution in [0.25, 0.3) is 0 Å². The Morgan fingerprint density at radius 1 is 1.10 bits per heavy atom. The molecule has 1 aromatic carbocycles. The van der Waals surface area contributed by atoms with Crippen LogP contribution in [0.5, 0.6) is 11.5 Å². The fourth-order valence-corrected chi connectivity index (χ4v) is 4.07. The lowest BCUT2D eigenvalue weighted by Crippen LogP contribution is -2.37. The molecule has 0 N–H and O–H groups in total. The van der Waals surface area contributed by atoms with E-state index in [0.717, 1.165) is 50.5 Å². The van der Waals surface area contributed by atoms with Crippen molar-refractivity contribution in [3.63, 3.8) is 0 Å². The molecule has 1 amide bonds. The third kappa shape index (κ3) is 4.48. The average molecular weight is 412 g/mol. The van der Waals surface area contributed by atoms with Crippen molar-refractivity contribution in [2.75, 3.05) is 58.5 Å². The SMILES string of the molecule is COc1ccc(CC2CCN(C(=O)c3cnc(N4CCOCC4)nc3)C2)cc1OC. The van der Waals surface area contributed by atoms with Crippen molar-refractivity contribution < 1.29 is 19.0 Å². The van der Waals surface area contributed by atoms with Crippen molar-refractivity contribution in [2.24, 2.45) is 5.92 Å². The Morgan fingerprint density at radius 2 is 1.83 bits per heavy atom. The van der Waals surface area contributed by atoms with Gasteiger partial charge < -0.3 is 24.0 Å². The molecule has 30 heavy (non-hydrogen) atoms. The van der Waals surface area contributed by atoms with Gasteiger partial charge in [0.05, 0.1) is 33.0 Å². The van der Waals surface area contributed by atoms with Gasteiger partial charge in [-0.2, -0.15) is 0 Å². The number of ether oxygens (including phenoxy) is 3. The van der Waals surface area contributed by atoms with Crippen LogP contribution in [0.2, 0.25) is 0 Å². The molecule has 1 aromatic heterocycles. The van der Waals surface area contributed by atoms with Crippen molar-refractivity contribution in [1.29, 1.82) is 0 Å². The quantitative estimate of drug-likeness (QED) is 0.719. The van der Waals surface area contributed by atoms with Gasteiger partial charge in [-0.25, -0.2) is 9.97 Å². The molecule has 0 radical (unpaired) electrons. The minimum Gasteiger partial charge on any atom is -0.493 e. The van der Waals surface area contributed by atoms with Gasteiger partial charge in [-0.05, 0) is 36.5 Å². The van der Waals surface area contributed by atoms with E-state index < -0.39 is 0 Å². The topological polar surface area (TPSA) is 77.0 Å². The number of benzene rings is 1. The highest BCUT2D eigenvalue weighted by molar-refractivity contribution is 5.93. The number of carbonyl (C=O) groups is 1. The Morgan fingerprint density at radius 3 is 2.53 bits per heavy atom. The zero-order chi connectivity index (χ0) is 20.9. The fraction of sp³-hybridized carbons (Fsp3) is 0.500. The van der Waals surface area contributed by atoms with Crippen LogP contribution in [-0.2, 0) is 11.2 Å². The number of rotatable bonds is 6. The first-order chi connectivity index (χ1) is 14.7. The molecule has 8 nitrogen and oxygen atoms in total. The Bertz CT molecular complexity index is 868. The molecule has 2 saturated heterocycles. The largest absolute Gasteiger partial charge is 0.493 e. The summed E-state index contributed by atoms with van der Waals surface area (Å²) < 4.78 is 16.1. The Kier molecular flexibility index (Phi) is 6.32. The molecule has 2 aromatic rings. The zero-order valence-electron chi connectivity index (χ0n) is 17.5. The van der Waals surface area contributed by atoms with Crippen molar-refractivity contribution in [2.45, 2.75) is 12.8 Å². The molecule has 160 valence electrons. The summed E-state index contributed by atoms with van der Waals surface area (Å²) in [4.78, 5) is 25.7. The minimum absolute atomic E-state index is 0.00154. The summed E-state index contributed by atoms with van der Waals surface area (Å²) in [5.41, 5.74) is 1.73. The maximum Gasteiger partial charge on any atom is 0.257 e. The molecule has 2 fully saturated rings. The summed E-state index contributed by atoms with van der Waals surface area (Å²) in [6.07, 6.45) is 5.16. The van der Waals surface area contributed by atoms with Gasteiger partial charge in [0.15, 0.2) is 11.5 Å². The molecular weight excluding hydrogens is 384 g/mol. The van der Waals surface area contributed by atoms with Crippen molar-refractivity contribution >= 4 is 11.9 Å². The first kappa shape index (κ1) is 20.4. The second-order valence-corrected chi connectivity index (χ2v) is 7.67. The molecule has 1 atom stereocenters. The first-order valence-corrected chi connectivity index (χ1v) is 10.3. The minimum atomic E-state index is -0.00154. The number of anilines is 1. The number of amides is 1. The van der Waals surface area contributed by atoms with E-state index in [2.05, 4.69) is 20.9 Å². The summed E-state index contributed by atoms with van der Waals surface area (Å²) in [5.74, 6) is 2.53. The third-order valence-corrected chi connectivity index (χ3v) is 5.72. The van der Waals surface area contributed by atoms with E-state index >= 15 is 0 Å². The number of methoxy groups -OCH3 is 2. The van der Waals surface area contributed by atoms with E-state index in [1.165, 1.54) is 5.56 Å². The van der Waals surface area contributed by atoms with Gasteiger partial charge in [0.25, 0.3) is 5.91 Å². The van der Waals surface area contributed by atoms with Crippen LogP contribution in [-0.4, -0.2) is 74.4 Å². The van der Waals surface area contributed by atoms with Crippen LogP contribution < -0.4 is 14.4 Å². The average Bonchev–Trinajstić information content (AvgIpc) is 3.27. The molecular formula is C22H28N4O4. The zero-order valence-corrected chi connectivity index (χ0v) is 17.5. The maximum absolute atomic E-state index is 12.9. The van der Waals surface area contributed by atoms with E-state index in [1.807, 2.05) is 17.0 Å². The van der Waals surface area contributed by atoms with Crippen LogP contribution in [0.3, 0.4) is 0 Å². The smallest absolute Gasteiger partial charge is 0.257 e. The molecule has 2 aliphatic rings. The summed E-state index contributed by atoms with van der Waals surface area (Å²) >= 11 is 0. The van der Waals surface area contributed by atoms with Gasteiger partial charge in [0.1, 0.15) is 0 Å². The van der Waals surface area contributed by atoms with Gasteiger partial charge in [-0.1, -0.05) is 6.07 Å². The lowest BCUT2D eigenvalue weighted by molar-refractivity contribution is 0.0786. The first-order valence-electron chi connectivity index (χ1n) is 10.3. The van der Waals surface area contributed by atoms with E-state index in [4.69, 9.17) is 14.2 Å². The van der Waals surface area contributed by atoms with E-state index in [9.17, 15) is 4.79 Å². The molecule has 4 rings (SSSR count). The van der Waals surface area contributed by atoms with Crippen molar-refractivity contribution in [3.8, 4) is 11.5 Å². The number of hydrogen-bond donors (Lipinski definition) is 0. The number of morpholine rings is 1. The summed E-state index contributed by atoms with van der Waals surface area (Å²) in [5, 5.41) is 0. The lowest BCUT2D eigenvalue weighted by atomic mass is 9.98. The molecule has 0 bridgehead atoms. The number of aromatic nitrogens is 2. The number of hydrogen-bond acceptors (Lipinski definition) is 7. The van der Waals surface area contributed by atoms with Crippen LogP contribution in [0, 0.1) is 5.92 Å². The highest BCUT2D eigenvalue weighted by Crippen LogP contribution is 2.30. The van der Waals surface area contributed by atoms with E-state index in [1.54, 1.807) is 26.6 Å². The van der Waals surface area contributed by atoms with E-state index in [-0.39, 0.29) is 5.91 Å². The fourth-order valence-electron chi connectivity index (χ4n) is 4.07. The van der Waals surface area contributed by atoms with Crippen LogP contribution in [0.15, 0.2) is 30.6 Å². The highest BCUT2D eigenvalue weighted by Gasteiger charge is 2.28. The Balaban J connectivity index is 1.35. The van der Waals surface area contributed by atoms with Crippen LogP contribution >= 0.6 is 0 Å². The predicted octanol–water partition coefficient (Wildman–Crippen LogP) is 2.04. The molecule has 0 aliphatic carbocycles. The van der Waals surface area contributed by atoms with Crippen molar-refractivity contribution in [3.05, 3.63) is 41.7 Å². The normalized spacial score (nSPS) is 19.1. The molecule has 3 heterocycles. The number of nitrogens with zero attached hydrogens (tertiary/aromatic N) is 4. The molecule has 2 aliphatic heterocycles. The van der Waals surface area contributed by atoms with Crippen LogP contribution in [0.1, 0.15) is 22.3 Å². The number of likely N-dealkylation sites (tertiary alicyclic amines) is 1. The molecule has 0 saturated carbocycles. The van der Waals surface area contributed by atoms with Gasteiger partial charge in [0, 0.05) is 38.6 Å². The third-order valence-electron chi connectivity index (χ3n) is 5.72. The maximum atomic E-state index is 12.9. The number of carbonyl (C=O) groups excluding carboxylic acids is 1. The Labute approximate surface area is 176 Å². The van der Waals surface area contributed by atoms with E-state index in [0.29, 0.717) is 30.6 Å². The second kappa shape index (κ2) is 9.30. The highest BCUT2D eigenvalue weighted by atomic mass is 16.5. The summed E-state index contributed by atoms with van der Waals surface area (Å²) in [6, 6.07) is 6.00. The van der Waals surface area contributed by atoms with Gasteiger partial charge in [-0.3, -0.25) is 4.79 Å². The van der Waals surface area contributed by atoms with Gasteiger partial charge >= 0.3 is 0 Å². The standard InChI is InChI=1S/C22H28N4O4/c1-28-19-4-3-16(12-20(19)29-2)11-17-5-6-26(15-17)21(27)18-13-23-22(24-14-18)25-7-9-30-10-8-25/h3-4,12-14,17H,5-11,15H2,1-2H3. The van der Waals surface area contributed by atoms with Crippen LogP contribution in [0.4, 0.5) is 5.95 Å². The summed E-state index contributed by atoms with van der Waals surface area (Å²) in [7, 11) is 3.28.